The second-order valence-electron chi connectivity index (χ2n) is 5.16. The van der Waals surface area contributed by atoms with E-state index in [0.29, 0.717) is 46.3 Å². The van der Waals surface area contributed by atoms with Crippen LogP contribution in [0.5, 0.6) is 0 Å². The second kappa shape index (κ2) is 6.88. The monoisotopic (exact) mass is 353 g/mol. The minimum atomic E-state index is 0.226. The van der Waals surface area contributed by atoms with E-state index < -0.39 is 0 Å². The number of hydrogen-bond acceptors (Lipinski definition) is 6. The molecule has 0 radical (unpaired) electrons. The maximum absolute atomic E-state index is 6.32. The van der Waals surface area contributed by atoms with Gasteiger partial charge >= 0.3 is 0 Å². The first-order chi connectivity index (χ1) is 11.1. The summed E-state index contributed by atoms with van der Waals surface area (Å²) in [6.45, 7) is 2.94. The topological polar surface area (TPSA) is 90.3 Å². The first-order valence-electron chi connectivity index (χ1n) is 7.24. The van der Waals surface area contributed by atoms with Gasteiger partial charge in [0.05, 0.1) is 23.9 Å². The SMILES string of the molecule is NCc1c(N)nc(N2CCOCC2)nc1-c1ccc(Cl)cc1Cl. The molecule has 8 heteroatoms. The molecule has 1 saturated heterocycles. The molecule has 122 valence electrons. The third-order valence-electron chi connectivity index (χ3n) is 3.71. The van der Waals surface area contributed by atoms with E-state index in [2.05, 4.69) is 9.97 Å². The number of ether oxygens (including phenoxy) is 1. The van der Waals surface area contributed by atoms with Gasteiger partial charge in [-0.1, -0.05) is 23.2 Å². The van der Waals surface area contributed by atoms with Gasteiger partial charge in [0.15, 0.2) is 0 Å². The predicted molar refractivity (Wildman–Crippen MR) is 92.8 cm³/mol. The molecule has 0 aliphatic carbocycles. The number of nitrogens with zero attached hydrogens (tertiary/aromatic N) is 3. The van der Waals surface area contributed by atoms with Crippen LogP contribution in [0.1, 0.15) is 5.56 Å². The molecule has 0 atom stereocenters. The van der Waals surface area contributed by atoms with E-state index in [-0.39, 0.29) is 6.54 Å². The molecule has 1 aromatic carbocycles. The first kappa shape index (κ1) is 16.3. The molecule has 0 bridgehead atoms. The van der Waals surface area contributed by atoms with E-state index >= 15 is 0 Å². The summed E-state index contributed by atoms with van der Waals surface area (Å²) in [4.78, 5) is 11.1. The van der Waals surface area contributed by atoms with Gasteiger partial charge in [-0.3, -0.25) is 0 Å². The van der Waals surface area contributed by atoms with Gasteiger partial charge in [0.2, 0.25) is 5.95 Å². The normalized spacial score (nSPS) is 15.0. The van der Waals surface area contributed by atoms with Crippen LogP contribution in [0.4, 0.5) is 11.8 Å². The molecule has 1 aromatic heterocycles. The Kier molecular flexibility index (Phi) is 4.87. The fraction of sp³-hybridized carbons (Fsp3) is 0.333. The summed E-state index contributed by atoms with van der Waals surface area (Å²) >= 11 is 12.3. The molecule has 1 aliphatic rings. The van der Waals surface area contributed by atoms with Gasteiger partial charge in [-0.2, -0.15) is 4.98 Å². The summed E-state index contributed by atoms with van der Waals surface area (Å²) in [5, 5.41) is 1.06. The molecule has 1 fully saturated rings. The van der Waals surface area contributed by atoms with Gasteiger partial charge in [-0.25, -0.2) is 4.98 Å². The fourth-order valence-corrected chi connectivity index (χ4v) is 3.00. The van der Waals surface area contributed by atoms with E-state index in [1.54, 1.807) is 12.1 Å². The molecular weight excluding hydrogens is 337 g/mol. The van der Waals surface area contributed by atoms with E-state index in [1.807, 2.05) is 11.0 Å². The molecule has 2 heterocycles. The number of aromatic nitrogens is 2. The third kappa shape index (κ3) is 3.35. The largest absolute Gasteiger partial charge is 0.383 e. The van der Waals surface area contributed by atoms with Crippen molar-refractivity contribution in [1.82, 2.24) is 9.97 Å². The average Bonchev–Trinajstić information content (AvgIpc) is 2.55. The highest BCUT2D eigenvalue weighted by molar-refractivity contribution is 6.36. The number of morpholine rings is 1. The predicted octanol–water partition coefficient (Wildman–Crippen LogP) is 2.33. The third-order valence-corrected chi connectivity index (χ3v) is 4.26. The highest BCUT2D eigenvalue weighted by atomic mass is 35.5. The molecule has 6 nitrogen and oxygen atoms in total. The zero-order chi connectivity index (χ0) is 16.4. The molecule has 23 heavy (non-hydrogen) atoms. The van der Waals surface area contributed by atoms with Crippen LogP contribution >= 0.6 is 23.2 Å². The van der Waals surface area contributed by atoms with Crippen LogP contribution in [0.15, 0.2) is 18.2 Å². The molecule has 0 amide bonds. The van der Waals surface area contributed by atoms with Crippen LogP contribution in [-0.4, -0.2) is 36.3 Å². The molecule has 0 spiro atoms. The highest BCUT2D eigenvalue weighted by Gasteiger charge is 2.20. The van der Waals surface area contributed by atoms with Gasteiger partial charge in [0.25, 0.3) is 0 Å². The number of nitrogens with two attached hydrogens (primary N) is 2. The van der Waals surface area contributed by atoms with Gasteiger partial charge in [0.1, 0.15) is 5.82 Å². The summed E-state index contributed by atoms with van der Waals surface area (Å²) < 4.78 is 5.36. The highest BCUT2D eigenvalue weighted by Crippen LogP contribution is 2.34. The first-order valence-corrected chi connectivity index (χ1v) is 8.00. The van der Waals surface area contributed by atoms with Crippen molar-refractivity contribution in [1.29, 1.82) is 0 Å². The Hall–Kier alpha value is -1.60. The van der Waals surface area contributed by atoms with Gasteiger partial charge in [-0.15, -0.1) is 0 Å². The number of halogens is 2. The quantitative estimate of drug-likeness (QED) is 0.879. The maximum Gasteiger partial charge on any atom is 0.228 e. The summed E-state index contributed by atoms with van der Waals surface area (Å²) in [7, 11) is 0. The van der Waals surface area contributed by atoms with Crippen molar-refractivity contribution in [2.45, 2.75) is 6.54 Å². The second-order valence-corrected chi connectivity index (χ2v) is 6.01. The number of anilines is 2. The van der Waals surface area contributed by atoms with E-state index in [0.717, 1.165) is 18.7 Å². The molecule has 2 aromatic rings. The van der Waals surface area contributed by atoms with Gasteiger partial charge in [-0.05, 0) is 18.2 Å². The molecule has 0 unspecified atom stereocenters. The zero-order valence-corrected chi connectivity index (χ0v) is 13.9. The minimum Gasteiger partial charge on any atom is -0.383 e. The Morgan fingerprint density at radius 3 is 2.57 bits per heavy atom. The van der Waals surface area contributed by atoms with Crippen LogP contribution in [0.25, 0.3) is 11.3 Å². The molecular formula is C15H17Cl2N5O. The van der Waals surface area contributed by atoms with Crippen molar-refractivity contribution in [2.75, 3.05) is 36.9 Å². The van der Waals surface area contributed by atoms with Crippen LogP contribution in [0.3, 0.4) is 0 Å². The Bertz CT molecular complexity index is 719. The van der Waals surface area contributed by atoms with Gasteiger partial charge in [0, 0.05) is 35.8 Å². The zero-order valence-electron chi connectivity index (χ0n) is 12.4. The Balaban J connectivity index is 2.11. The van der Waals surface area contributed by atoms with Crippen molar-refractivity contribution in [3.05, 3.63) is 33.8 Å². The van der Waals surface area contributed by atoms with Crippen molar-refractivity contribution < 1.29 is 4.74 Å². The smallest absolute Gasteiger partial charge is 0.228 e. The molecule has 0 saturated carbocycles. The van der Waals surface area contributed by atoms with Gasteiger partial charge < -0.3 is 21.1 Å². The van der Waals surface area contributed by atoms with Crippen molar-refractivity contribution in [3.63, 3.8) is 0 Å². The summed E-state index contributed by atoms with van der Waals surface area (Å²) in [5.41, 5.74) is 14.0. The summed E-state index contributed by atoms with van der Waals surface area (Å²) in [6, 6.07) is 5.25. The van der Waals surface area contributed by atoms with Crippen LogP contribution < -0.4 is 16.4 Å². The van der Waals surface area contributed by atoms with E-state index in [1.165, 1.54) is 0 Å². The van der Waals surface area contributed by atoms with E-state index in [4.69, 9.17) is 39.4 Å². The average molecular weight is 354 g/mol. The lowest BCUT2D eigenvalue weighted by molar-refractivity contribution is 0.122. The Morgan fingerprint density at radius 2 is 1.91 bits per heavy atom. The lowest BCUT2D eigenvalue weighted by Gasteiger charge is -2.27. The van der Waals surface area contributed by atoms with Crippen molar-refractivity contribution in [3.8, 4) is 11.3 Å². The van der Waals surface area contributed by atoms with E-state index in [9.17, 15) is 0 Å². The lowest BCUT2D eigenvalue weighted by atomic mass is 10.1. The number of benzene rings is 1. The molecule has 1 aliphatic heterocycles. The fourth-order valence-electron chi connectivity index (χ4n) is 2.50. The van der Waals surface area contributed by atoms with Crippen LogP contribution in [0.2, 0.25) is 10.0 Å². The van der Waals surface area contributed by atoms with Crippen LogP contribution in [-0.2, 0) is 11.3 Å². The molecule has 3 rings (SSSR count). The Labute approximate surface area is 144 Å². The minimum absolute atomic E-state index is 0.226. The van der Waals surface area contributed by atoms with Crippen molar-refractivity contribution >= 4 is 35.0 Å². The van der Waals surface area contributed by atoms with Crippen LogP contribution in [0, 0.1) is 0 Å². The lowest BCUT2D eigenvalue weighted by Crippen LogP contribution is -2.37. The standard InChI is InChI=1S/C15H17Cl2N5O/c16-9-1-2-10(12(17)7-9)13-11(8-18)14(19)21-15(20-13)22-3-5-23-6-4-22/h1-2,7H,3-6,8,18H2,(H2,19,20,21). The summed E-state index contributed by atoms with van der Waals surface area (Å²) in [6.07, 6.45) is 0. The van der Waals surface area contributed by atoms with Crippen molar-refractivity contribution in [2.24, 2.45) is 5.73 Å². The number of nitrogen functional groups attached to an aromatic ring is 1. The maximum atomic E-state index is 6.32. The number of hydrogen-bond donors (Lipinski definition) is 2. The number of rotatable bonds is 3. The summed E-state index contributed by atoms with van der Waals surface area (Å²) in [5.74, 6) is 0.925. The Morgan fingerprint density at radius 1 is 1.17 bits per heavy atom. The molecule has 4 N–H and O–H groups in total.